The van der Waals surface area contributed by atoms with Crippen LogP contribution in [-0.4, -0.2) is 37.9 Å². The zero-order valence-electron chi connectivity index (χ0n) is 15.5. The number of hydrogen-bond donors (Lipinski definition) is 2. The minimum absolute atomic E-state index is 0.122. The largest absolute Gasteiger partial charge is 0.493 e. The second-order valence-electron chi connectivity index (χ2n) is 5.87. The number of rotatable bonds is 9. The van der Waals surface area contributed by atoms with Gasteiger partial charge in [-0.15, -0.1) is 0 Å². The normalized spacial score (nSPS) is 12.6. The van der Waals surface area contributed by atoms with E-state index in [2.05, 4.69) is 0 Å². The monoisotopic (exact) mass is 403 g/mol. The number of sulfonamides is 1. The average Bonchev–Trinajstić information content (AvgIpc) is 2.67. The number of carbonyl (C=O) groups is 2. The Morgan fingerprint density at radius 3 is 2.39 bits per heavy atom. The van der Waals surface area contributed by atoms with E-state index < -0.39 is 22.0 Å². The van der Waals surface area contributed by atoms with E-state index in [1.165, 1.54) is 37.3 Å². The topological polar surface area (TPSA) is 110 Å². The predicted octanol–water partition coefficient (Wildman–Crippen LogP) is 2.73. The van der Waals surface area contributed by atoms with Crippen molar-refractivity contribution in [2.45, 2.75) is 24.8 Å². The molecule has 8 heteroatoms. The van der Waals surface area contributed by atoms with Gasteiger partial charge in [-0.1, -0.05) is 18.2 Å². The Bertz CT molecular complexity index is 980. The number of carbonyl (C=O) groups excluding carboxylic acids is 1. The molecule has 0 unspecified atom stereocenters. The zero-order chi connectivity index (χ0) is 20.7. The van der Waals surface area contributed by atoms with Gasteiger partial charge in [0.05, 0.1) is 11.5 Å². The second-order valence-corrected chi connectivity index (χ2v) is 7.59. The van der Waals surface area contributed by atoms with E-state index in [0.717, 1.165) is 5.56 Å². The fourth-order valence-electron chi connectivity index (χ4n) is 2.32. The minimum Gasteiger partial charge on any atom is -0.493 e. The molecule has 0 heterocycles. The Labute approximate surface area is 163 Å². The van der Waals surface area contributed by atoms with Gasteiger partial charge in [0.1, 0.15) is 11.8 Å². The molecule has 0 fully saturated rings. The van der Waals surface area contributed by atoms with Crippen LogP contribution < -0.4 is 9.46 Å². The summed E-state index contributed by atoms with van der Waals surface area (Å²) >= 11 is 0. The number of ketones is 1. The molecule has 0 spiro atoms. The first kappa shape index (κ1) is 21.3. The second kappa shape index (κ2) is 9.29. The van der Waals surface area contributed by atoms with Crippen LogP contribution in [0.4, 0.5) is 0 Å². The fourth-order valence-corrected chi connectivity index (χ4v) is 3.51. The maximum Gasteiger partial charge on any atom is 0.321 e. The molecule has 2 N–H and O–H groups in total. The lowest BCUT2D eigenvalue weighted by Gasteiger charge is -2.10. The van der Waals surface area contributed by atoms with Gasteiger partial charge in [0.25, 0.3) is 0 Å². The van der Waals surface area contributed by atoms with E-state index in [1.807, 2.05) is 29.8 Å². The van der Waals surface area contributed by atoms with Crippen molar-refractivity contribution in [3.8, 4) is 5.75 Å². The van der Waals surface area contributed by atoms with E-state index in [0.29, 0.717) is 17.9 Å². The Morgan fingerprint density at radius 1 is 1.14 bits per heavy atom. The van der Waals surface area contributed by atoms with E-state index in [9.17, 15) is 18.0 Å². The van der Waals surface area contributed by atoms with Crippen molar-refractivity contribution in [2.75, 3.05) is 6.61 Å². The third kappa shape index (κ3) is 5.51. The minimum atomic E-state index is -3.99. The third-order valence-electron chi connectivity index (χ3n) is 3.78. The number of hydrogen-bond acceptors (Lipinski definition) is 5. The lowest BCUT2D eigenvalue weighted by atomic mass is 10.1. The van der Waals surface area contributed by atoms with E-state index in [-0.39, 0.29) is 10.7 Å². The van der Waals surface area contributed by atoms with Gasteiger partial charge < -0.3 is 9.84 Å². The lowest BCUT2D eigenvalue weighted by Crippen LogP contribution is -2.38. The van der Waals surface area contributed by atoms with Gasteiger partial charge in [0, 0.05) is 11.1 Å². The van der Waals surface area contributed by atoms with Gasteiger partial charge in [-0.2, -0.15) is 4.72 Å². The molecule has 2 aromatic rings. The molecule has 0 saturated carbocycles. The molecule has 0 aliphatic rings. The SMILES string of the molecule is CCOc1ccccc1/C=C/C(=O)c1ccc(S(=O)(=O)N[C@@H](C)C(=O)O)cc1. The van der Waals surface area contributed by atoms with Crippen LogP contribution >= 0.6 is 0 Å². The number of allylic oxidation sites excluding steroid dienone is 1. The maximum absolute atomic E-state index is 12.3. The number of nitrogens with one attached hydrogen (secondary N) is 1. The summed E-state index contributed by atoms with van der Waals surface area (Å²) in [5, 5.41) is 8.83. The molecular weight excluding hydrogens is 382 g/mol. The van der Waals surface area contributed by atoms with E-state index in [4.69, 9.17) is 9.84 Å². The highest BCUT2D eigenvalue weighted by atomic mass is 32.2. The van der Waals surface area contributed by atoms with Crippen LogP contribution in [0.5, 0.6) is 5.75 Å². The number of aliphatic carboxylic acids is 1. The van der Waals surface area contributed by atoms with Gasteiger partial charge in [0.2, 0.25) is 10.0 Å². The Morgan fingerprint density at radius 2 is 1.79 bits per heavy atom. The fraction of sp³-hybridized carbons (Fsp3) is 0.200. The first-order valence-corrected chi connectivity index (χ1v) is 10.0. The quantitative estimate of drug-likeness (QED) is 0.492. The summed E-state index contributed by atoms with van der Waals surface area (Å²) in [5.74, 6) is -0.927. The van der Waals surface area contributed by atoms with Crippen molar-refractivity contribution in [3.63, 3.8) is 0 Å². The van der Waals surface area contributed by atoms with Crippen LogP contribution in [0.25, 0.3) is 6.08 Å². The zero-order valence-corrected chi connectivity index (χ0v) is 16.3. The summed E-state index contributed by atoms with van der Waals surface area (Å²) in [5.41, 5.74) is 1.05. The molecule has 0 saturated heterocycles. The molecule has 0 aliphatic heterocycles. The van der Waals surface area contributed by atoms with E-state index in [1.54, 1.807) is 12.1 Å². The summed E-state index contributed by atoms with van der Waals surface area (Å²) in [6.45, 7) is 3.60. The number of carboxylic acid groups (broad SMARTS) is 1. The third-order valence-corrected chi connectivity index (χ3v) is 5.34. The van der Waals surface area contributed by atoms with Crippen LogP contribution in [0.3, 0.4) is 0 Å². The maximum atomic E-state index is 12.3. The molecular formula is C20H21NO6S. The molecule has 28 heavy (non-hydrogen) atoms. The highest BCUT2D eigenvalue weighted by molar-refractivity contribution is 7.89. The summed E-state index contributed by atoms with van der Waals surface area (Å²) in [4.78, 5) is 23.0. The molecule has 148 valence electrons. The molecule has 0 aliphatic carbocycles. The number of para-hydroxylation sites is 1. The van der Waals surface area contributed by atoms with Crippen molar-refractivity contribution in [1.82, 2.24) is 4.72 Å². The highest BCUT2D eigenvalue weighted by Crippen LogP contribution is 2.20. The van der Waals surface area contributed by atoms with Crippen molar-refractivity contribution in [2.24, 2.45) is 0 Å². The molecule has 0 aromatic heterocycles. The van der Waals surface area contributed by atoms with Crippen molar-refractivity contribution in [3.05, 3.63) is 65.7 Å². The molecule has 0 bridgehead atoms. The lowest BCUT2D eigenvalue weighted by molar-refractivity contribution is -0.138. The van der Waals surface area contributed by atoms with Gasteiger partial charge >= 0.3 is 5.97 Å². The number of benzene rings is 2. The summed E-state index contributed by atoms with van der Waals surface area (Å²) in [6, 6.07) is 11.3. The van der Waals surface area contributed by atoms with Gasteiger partial charge in [-0.05, 0) is 56.3 Å². The first-order valence-electron chi connectivity index (χ1n) is 8.54. The highest BCUT2D eigenvalue weighted by Gasteiger charge is 2.21. The van der Waals surface area contributed by atoms with Crippen molar-refractivity contribution < 1.29 is 27.9 Å². The summed E-state index contributed by atoms with van der Waals surface area (Å²) < 4.78 is 31.8. The standard InChI is InChI=1S/C20H21NO6S/c1-3-27-19-7-5-4-6-16(19)10-13-18(22)15-8-11-17(12-9-15)28(25,26)21-14(2)20(23)24/h4-14,21H,3H2,1-2H3,(H,23,24)/b13-10+/t14-/m0/s1. The smallest absolute Gasteiger partial charge is 0.321 e. The van der Waals surface area contributed by atoms with Crippen LogP contribution in [0.1, 0.15) is 29.8 Å². The summed E-state index contributed by atoms with van der Waals surface area (Å²) in [7, 11) is -3.99. The van der Waals surface area contributed by atoms with Crippen LogP contribution in [0.15, 0.2) is 59.5 Å². The predicted molar refractivity (Wildman–Crippen MR) is 105 cm³/mol. The first-order chi connectivity index (χ1) is 13.2. The van der Waals surface area contributed by atoms with Crippen molar-refractivity contribution in [1.29, 1.82) is 0 Å². The van der Waals surface area contributed by atoms with E-state index >= 15 is 0 Å². The Balaban J connectivity index is 2.15. The average molecular weight is 403 g/mol. The molecule has 2 aromatic carbocycles. The molecule has 2 rings (SSSR count). The Kier molecular flexibility index (Phi) is 7.08. The van der Waals surface area contributed by atoms with Crippen molar-refractivity contribution >= 4 is 27.9 Å². The molecule has 1 atom stereocenters. The molecule has 0 amide bonds. The Hall–Kier alpha value is -2.97. The van der Waals surface area contributed by atoms with Crippen LogP contribution in [-0.2, 0) is 14.8 Å². The molecule has 7 nitrogen and oxygen atoms in total. The van der Waals surface area contributed by atoms with Gasteiger partial charge in [-0.3, -0.25) is 9.59 Å². The number of ether oxygens (including phenoxy) is 1. The summed E-state index contributed by atoms with van der Waals surface area (Å²) in [6.07, 6.45) is 3.01. The van der Waals surface area contributed by atoms with Crippen LogP contribution in [0.2, 0.25) is 0 Å². The van der Waals surface area contributed by atoms with Gasteiger partial charge in [-0.25, -0.2) is 8.42 Å². The van der Waals surface area contributed by atoms with Gasteiger partial charge in [0.15, 0.2) is 5.78 Å². The molecule has 0 radical (unpaired) electrons. The number of carboxylic acids is 1. The van der Waals surface area contributed by atoms with Crippen LogP contribution in [0, 0.1) is 0 Å².